The minimum Gasteiger partial charge on any atom is -0.494 e. The third-order valence-corrected chi connectivity index (χ3v) is 2.95. The third kappa shape index (κ3) is 3.03. The normalized spacial score (nSPS) is 10.0. The molecule has 5 heteroatoms. The number of carbonyl (C=O) groups excluding carboxylic acids is 1. The lowest BCUT2D eigenvalue weighted by atomic mass is 10.1. The van der Waals surface area contributed by atoms with E-state index < -0.39 is 0 Å². The van der Waals surface area contributed by atoms with Gasteiger partial charge in [0.25, 0.3) is 5.91 Å². The molecule has 0 fully saturated rings. The van der Waals surface area contributed by atoms with E-state index in [1.54, 1.807) is 12.3 Å². The second-order valence-electron chi connectivity index (χ2n) is 3.82. The highest BCUT2D eigenvalue weighted by molar-refractivity contribution is 6.17. The molecule has 0 saturated heterocycles. The lowest BCUT2D eigenvalue weighted by Gasteiger charge is -2.11. The second-order valence-corrected chi connectivity index (χ2v) is 4.09. The number of hydrogen-bond acceptors (Lipinski definition) is 3. The Morgan fingerprint density at radius 3 is 2.89 bits per heavy atom. The number of hydrogen-bond donors (Lipinski definition) is 1. The molecule has 19 heavy (non-hydrogen) atoms. The molecule has 0 radical (unpaired) electrons. The average Bonchev–Trinajstić information content (AvgIpc) is 2.47. The first-order valence-corrected chi connectivity index (χ1v) is 6.23. The smallest absolute Gasteiger partial charge is 0.259 e. The standard InChI is InChI=1S/C14H13ClN2O2/c1-19-13-9-16-7-6-11(13)14(18)17-12-5-3-2-4-10(12)8-15/h2-7,9H,8H2,1H3,(H,17,18). The van der Waals surface area contributed by atoms with E-state index in [0.717, 1.165) is 5.56 Å². The fraction of sp³-hybridized carbons (Fsp3) is 0.143. The number of anilines is 1. The van der Waals surface area contributed by atoms with Crippen LogP contribution < -0.4 is 10.1 Å². The summed E-state index contributed by atoms with van der Waals surface area (Å²) in [6.45, 7) is 0. The highest BCUT2D eigenvalue weighted by Gasteiger charge is 2.13. The van der Waals surface area contributed by atoms with E-state index >= 15 is 0 Å². The number of aromatic nitrogens is 1. The first kappa shape index (κ1) is 13.4. The number of nitrogens with zero attached hydrogens (tertiary/aromatic N) is 1. The van der Waals surface area contributed by atoms with Gasteiger partial charge in [-0.1, -0.05) is 18.2 Å². The Hall–Kier alpha value is -2.07. The van der Waals surface area contributed by atoms with Crippen molar-refractivity contribution >= 4 is 23.2 Å². The van der Waals surface area contributed by atoms with E-state index in [1.165, 1.54) is 13.3 Å². The molecule has 0 saturated carbocycles. The number of methoxy groups -OCH3 is 1. The summed E-state index contributed by atoms with van der Waals surface area (Å²) >= 11 is 5.83. The third-order valence-electron chi connectivity index (χ3n) is 2.66. The van der Waals surface area contributed by atoms with Crippen molar-refractivity contribution in [2.75, 3.05) is 12.4 Å². The molecule has 0 aliphatic carbocycles. The molecule has 0 bridgehead atoms. The molecule has 1 N–H and O–H groups in total. The van der Waals surface area contributed by atoms with Gasteiger partial charge in [-0.25, -0.2) is 0 Å². The molecule has 0 unspecified atom stereocenters. The van der Waals surface area contributed by atoms with E-state index in [-0.39, 0.29) is 5.91 Å². The van der Waals surface area contributed by atoms with E-state index in [0.29, 0.717) is 22.9 Å². The zero-order chi connectivity index (χ0) is 13.7. The number of benzene rings is 1. The minimum atomic E-state index is -0.253. The number of halogens is 1. The SMILES string of the molecule is COc1cnccc1C(=O)Nc1ccccc1CCl. The van der Waals surface area contributed by atoms with Crippen LogP contribution in [-0.2, 0) is 5.88 Å². The van der Waals surface area contributed by atoms with E-state index in [9.17, 15) is 4.79 Å². The van der Waals surface area contributed by atoms with Gasteiger partial charge in [-0.2, -0.15) is 0 Å². The highest BCUT2D eigenvalue weighted by Crippen LogP contribution is 2.21. The van der Waals surface area contributed by atoms with Crippen molar-refractivity contribution < 1.29 is 9.53 Å². The van der Waals surface area contributed by atoms with Crippen molar-refractivity contribution in [3.63, 3.8) is 0 Å². The van der Waals surface area contributed by atoms with Gasteiger partial charge >= 0.3 is 0 Å². The number of alkyl halides is 1. The van der Waals surface area contributed by atoms with Gasteiger partial charge in [-0.15, -0.1) is 11.6 Å². The summed E-state index contributed by atoms with van der Waals surface area (Å²) in [5.41, 5.74) is 1.99. The second kappa shape index (κ2) is 6.20. The molecule has 98 valence electrons. The lowest BCUT2D eigenvalue weighted by molar-refractivity contribution is 0.102. The van der Waals surface area contributed by atoms with Crippen LogP contribution in [0.2, 0.25) is 0 Å². The van der Waals surface area contributed by atoms with Crippen LogP contribution >= 0.6 is 11.6 Å². The Kier molecular flexibility index (Phi) is 4.36. The van der Waals surface area contributed by atoms with Gasteiger partial charge in [0.05, 0.1) is 18.9 Å². The van der Waals surface area contributed by atoms with E-state index in [2.05, 4.69) is 10.3 Å². The first-order valence-electron chi connectivity index (χ1n) is 5.69. The monoisotopic (exact) mass is 276 g/mol. The number of amides is 1. The predicted molar refractivity (Wildman–Crippen MR) is 74.7 cm³/mol. The Balaban J connectivity index is 2.26. The predicted octanol–water partition coefficient (Wildman–Crippen LogP) is 3.08. The summed E-state index contributed by atoms with van der Waals surface area (Å²) in [7, 11) is 1.50. The fourth-order valence-corrected chi connectivity index (χ4v) is 1.91. The molecule has 1 amide bonds. The molecular formula is C14H13ClN2O2. The van der Waals surface area contributed by atoms with Crippen LogP contribution in [0.1, 0.15) is 15.9 Å². The molecule has 0 spiro atoms. The number of ether oxygens (including phenoxy) is 1. The van der Waals surface area contributed by atoms with Crippen molar-refractivity contribution in [2.45, 2.75) is 5.88 Å². The Bertz CT molecular complexity index is 587. The number of rotatable bonds is 4. The number of carbonyl (C=O) groups is 1. The van der Waals surface area contributed by atoms with Gasteiger partial charge in [0.1, 0.15) is 5.75 Å². The summed E-state index contributed by atoms with van der Waals surface area (Å²) in [4.78, 5) is 16.1. The maximum absolute atomic E-state index is 12.2. The van der Waals surface area contributed by atoms with Crippen LogP contribution in [-0.4, -0.2) is 18.0 Å². The number of pyridine rings is 1. The van der Waals surface area contributed by atoms with Crippen LogP contribution in [0.4, 0.5) is 5.69 Å². The Morgan fingerprint density at radius 1 is 1.37 bits per heavy atom. The first-order chi connectivity index (χ1) is 9.26. The van der Waals surface area contributed by atoms with Gasteiger partial charge in [-0.05, 0) is 17.7 Å². The zero-order valence-electron chi connectivity index (χ0n) is 10.4. The maximum atomic E-state index is 12.2. The van der Waals surface area contributed by atoms with Gasteiger partial charge in [0.2, 0.25) is 0 Å². The van der Waals surface area contributed by atoms with E-state index in [1.807, 2.05) is 24.3 Å². The maximum Gasteiger partial charge on any atom is 0.259 e. The Morgan fingerprint density at radius 2 is 2.16 bits per heavy atom. The van der Waals surface area contributed by atoms with Crippen molar-refractivity contribution in [1.29, 1.82) is 0 Å². The fourth-order valence-electron chi connectivity index (χ4n) is 1.68. The topological polar surface area (TPSA) is 51.2 Å². The summed E-state index contributed by atoms with van der Waals surface area (Å²) in [6, 6.07) is 9.00. The van der Waals surface area contributed by atoms with Crippen LogP contribution in [0.25, 0.3) is 0 Å². The summed E-state index contributed by atoms with van der Waals surface area (Å²) in [5.74, 6) is 0.518. The average molecular weight is 277 g/mol. The molecule has 0 aliphatic heterocycles. The Labute approximate surface area is 116 Å². The van der Waals surface area contributed by atoms with Gasteiger partial charge in [0.15, 0.2) is 0 Å². The number of nitrogens with one attached hydrogen (secondary N) is 1. The van der Waals surface area contributed by atoms with Crippen LogP contribution in [0.5, 0.6) is 5.75 Å². The van der Waals surface area contributed by atoms with Gasteiger partial charge in [0, 0.05) is 17.8 Å². The molecule has 1 aromatic heterocycles. The van der Waals surface area contributed by atoms with Crippen LogP contribution in [0.15, 0.2) is 42.7 Å². The molecule has 2 rings (SSSR count). The van der Waals surface area contributed by atoms with Crippen molar-refractivity contribution in [2.24, 2.45) is 0 Å². The quantitative estimate of drug-likeness (QED) is 0.873. The number of para-hydroxylation sites is 1. The molecule has 2 aromatic rings. The van der Waals surface area contributed by atoms with E-state index in [4.69, 9.17) is 16.3 Å². The summed E-state index contributed by atoms with van der Waals surface area (Å²) < 4.78 is 5.11. The van der Waals surface area contributed by atoms with Crippen molar-refractivity contribution in [3.05, 3.63) is 53.9 Å². The molecule has 1 aromatic carbocycles. The largest absolute Gasteiger partial charge is 0.494 e. The highest BCUT2D eigenvalue weighted by atomic mass is 35.5. The molecule has 1 heterocycles. The van der Waals surface area contributed by atoms with Crippen LogP contribution in [0.3, 0.4) is 0 Å². The van der Waals surface area contributed by atoms with Crippen molar-refractivity contribution in [1.82, 2.24) is 4.98 Å². The zero-order valence-corrected chi connectivity index (χ0v) is 11.1. The summed E-state index contributed by atoms with van der Waals surface area (Å²) in [6.07, 6.45) is 3.05. The molecule has 0 aliphatic rings. The van der Waals surface area contributed by atoms with Gasteiger partial charge < -0.3 is 10.1 Å². The summed E-state index contributed by atoms with van der Waals surface area (Å²) in [5, 5.41) is 2.82. The molecule has 0 atom stereocenters. The van der Waals surface area contributed by atoms with Gasteiger partial charge in [-0.3, -0.25) is 9.78 Å². The van der Waals surface area contributed by atoms with Crippen LogP contribution in [0, 0.1) is 0 Å². The molecule has 4 nitrogen and oxygen atoms in total. The van der Waals surface area contributed by atoms with Crippen molar-refractivity contribution in [3.8, 4) is 5.75 Å². The molecular weight excluding hydrogens is 264 g/mol. The lowest BCUT2D eigenvalue weighted by Crippen LogP contribution is -2.14. The minimum absolute atomic E-state index is 0.253.